The highest BCUT2D eigenvalue weighted by Crippen LogP contribution is 2.41. The molecule has 164 valence electrons. The van der Waals surface area contributed by atoms with Crippen LogP contribution in [0.2, 0.25) is 0 Å². The van der Waals surface area contributed by atoms with Crippen LogP contribution < -0.4 is 5.32 Å². The molecule has 0 radical (unpaired) electrons. The molecule has 2 fully saturated rings. The number of hydrazone groups is 1. The van der Waals surface area contributed by atoms with E-state index < -0.39 is 5.41 Å². The molecule has 2 aliphatic carbocycles. The molecule has 5 nitrogen and oxygen atoms in total. The molecular formula is C27H30N4O. The normalized spacial score (nSPS) is 26.3. The summed E-state index contributed by atoms with van der Waals surface area (Å²) in [5, 5.41) is 19.9. The van der Waals surface area contributed by atoms with Gasteiger partial charge in [-0.15, -0.1) is 0 Å². The van der Waals surface area contributed by atoms with Crippen LogP contribution in [-0.4, -0.2) is 22.8 Å². The number of para-hydroxylation sites is 1. The molecule has 1 heterocycles. The molecule has 1 N–H and O–H groups in total. The molecule has 1 aliphatic heterocycles. The molecule has 2 aromatic rings. The van der Waals surface area contributed by atoms with E-state index in [1.807, 2.05) is 36.4 Å². The Balaban J connectivity index is 1.43. The number of carbonyl (C=O) groups excluding carboxylic acids is 1. The van der Waals surface area contributed by atoms with E-state index in [1.54, 1.807) is 5.01 Å². The van der Waals surface area contributed by atoms with Gasteiger partial charge in [-0.3, -0.25) is 0 Å². The fourth-order valence-corrected chi connectivity index (χ4v) is 5.69. The third-order valence-corrected chi connectivity index (χ3v) is 7.55. The maximum atomic E-state index is 13.2. The minimum atomic E-state index is -0.473. The van der Waals surface area contributed by atoms with Gasteiger partial charge in [-0.1, -0.05) is 67.8 Å². The molecule has 32 heavy (non-hydrogen) atoms. The second-order valence-electron chi connectivity index (χ2n) is 9.43. The lowest BCUT2D eigenvalue weighted by atomic mass is 9.69. The van der Waals surface area contributed by atoms with Crippen LogP contribution in [0.3, 0.4) is 0 Å². The van der Waals surface area contributed by atoms with Crippen molar-refractivity contribution in [3.8, 4) is 6.07 Å². The zero-order valence-corrected chi connectivity index (χ0v) is 18.5. The van der Waals surface area contributed by atoms with Crippen LogP contribution in [0.4, 0.5) is 10.5 Å². The number of amides is 2. The summed E-state index contributed by atoms with van der Waals surface area (Å²) in [6.45, 7) is 0. The van der Waals surface area contributed by atoms with Gasteiger partial charge in [-0.2, -0.15) is 10.4 Å². The average molecular weight is 427 g/mol. The van der Waals surface area contributed by atoms with Gasteiger partial charge in [0, 0.05) is 11.5 Å². The maximum Gasteiger partial charge on any atom is 0.342 e. The van der Waals surface area contributed by atoms with Crippen molar-refractivity contribution in [2.75, 3.05) is 5.32 Å². The van der Waals surface area contributed by atoms with Gasteiger partial charge in [0.2, 0.25) is 0 Å². The van der Waals surface area contributed by atoms with Crippen LogP contribution in [0, 0.1) is 17.2 Å². The van der Waals surface area contributed by atoms with Crippen LogP contribution in [-0.2, 0) is 5.41 Å². The summed E-state index contributed by atoms with van der Waals surface area (Å²) in [6, 6.07) is 20.6. The molecule has 0 bridgehead atoms. The fraction of sp³-hybridized carbons (Fsp3) is 0.444. The number of urea groups is 1. The predicted octanol–water partition coefficient (Wildman–Crippen LogP) is 6.22. The lowest BCUT2D eigenvalue weighted by Crippen LogP contribution is -2.44. The minimum absolute atomic E-state index is 0.00749. The number of hydrogen-bond donors (Lipinski definition) is 1. The smallest absolute Gasteiger partial charge is 0.306 e. The molecule has 2 amide bonds. The highest BCUT2D eigenvalue weighted by molar-refractivity contribution is 6.10. The summed E-state index contributed by atoms with van der Waals surface area (Å²) in [6.07, 6.45) is 9.01. The number of fused-ring (bicyclic) bond motifs is 1. The topological polar surface area (TPSA) is 68.5 Å². The Kier molecular flexibility index (Phi) is 5.70. The Hall–Kier alpha value is -3.13. The van der Waals surface area contributed by atoms with E-state index >= 15 is 0 Å². The number of nitriles is 1. The Morgan fingerprint density at radius 3 is 2.34 bits per heavy atom. The summed E-state index contributed by atoms with van der Waals surface area (Å²) in [7, 11) is 0. The Bertz CT molecular complexity index is 1040. The predicted molar refractivity (Wildman–Crippen MR) is 126 cm³/mol. The van der Waals surface area contributed by atoms with Crippen molar-refractivity contribution in [2.45, 2.75) is 69.2 Å². The van der Waals surface area contributed by atoms with E-state index in [0.717, 1.165) is 61.1 Å². The van der Waals surface area contributed by atoms with Crippen molar-refractivity contribution in [3.05, 3.63) is 65.7 Å². The molecule has 5 heteroatoms. The molecular weight excluding hydrogens is 396 g/mol. The molecule has 0 saturated heterocycles. The number of hydrogen-bond acceptors (Lipinski definition) is 3. The van der Waals surface area contributed by atoms with E-state index in [2.05, 4.69) is 29.6 Å². The second kappa shape index (κ2) is 8.78. The van der Waals surface area contributed by atoms with Gasteiger partial charge in [-0.25, -0.2) is 9.80 Å². The number of nitrogens with one attached hydrogen (secondary N) is 1. The first-order chi connectivity index (χ1) is 15.7. The SMILES string of the molecule is N#C[C@]1(c2ccccc2)CC[C@H](N2N=C(C3CCCCC3)c3ccccc3NC2=O)CC1. The largest absolute Gasteiger partial charge is 0.342 e. The van der Waals surface area contributed by atoms with Crippen molar-refractivity contribution in [2.24, 2.45) is 11.0 Å². The standard InChI is InChI=1S/C27H30N4O/c28-19-27(21-11-5-2-6-12-21)17-15-22(16-18-27)31-26(32)29-24-14-8-7-13-23(24)25(30-31)20-9-3-1-4-10-20/h2,5-8,11-14,20,22H,1,3-4,9-10,15-18H2,(H,29,32)/t22-,27-. The molecule has 3 aliphatic rings. The lowest BCUT2D eigenvalue weighted by Gasteiger charge is -2.38. The Labute approximate surface area is 190 Å². The van der Waals surface area contributed by atoms with Crippen molar-refractivity contribution in [1.82, 2.24) is 5.01 Å². The zero-order chi connectivity index (χ0) is 22.0. The van der Waals surface area contributed by atoms with Gasteiger partial charge < -0.3 is 5.32 Å². The molecule has 2 saturated carbocycles. The highest BCUT2D eigenvalue weighted by Gasteiger charge is 2.41. The van der Waals surface area contributed by atoms with Crippen LogP contribution in [0.25, 0.3) is 0 Å². The van der Waals surface area contributed by atoms with Gasteiger partial charge in [0.25, 0.3) is 0 Å². The number of rotatable bonds is 3. The van der Waals surface area contributed by atoms with Gasteiger partial charge in [0.05, 0.1) is 28.9 Å². The number of carbonyl (C=O) groups is 1. The lowest BCUT2D eigenvalue weighted by molar-refractivity contribution is 0.157. The minimum Gasteiger partial charge on any atom is -0.306 e. The summed E-state index contributed by atoms with van der Waals surface area (Å²) in [5.74, 6) is 0.395. The van der Waals surface area contributed by atoms with Crippen molar-refractivity contribution >= 4 is 17.4 Å². The fourth-order valence-electron chi connectivity index (χ4n) is 5.69. The van der Waals surface area contributed by atoms with Crippen molar-refractivity contribution in [1.29, 1.82) is 5.26 Å². The van der Waals surface area contributed by atoms with Crippen molar-refractivity contribution in [3.63, 3.8) is 0 Å². The van der Waals surface area contributed by atoms with Gasteiger partial charge >= 0.3 is 6.03 Å². The monoisotopic (exact) mass is 426 g/mol. The summed E-state index contributed by atoms with van der Waals surface area (Å²) in [4.78, 5) is 13.2. The first-order valence-corrected chi connectivity index (χ1v) is 11.9. The summed E-state index contributed by atoms with van der Waals surface area (Å²) in [5.41, 5.74) is 3.58. The highest BCUT2D eigenvalue weighted by atomic mass is 16.2. The van der Waals surface area contributed by atoms with Gasteiger partial charge in [0.1, 0.15) is 0 Å². The number of benzene rings is 2. The van der Waals surface area contributed by atoms with Crippen molar-refractivity contribution < 1.29 is 4.79 Å². The molecule has 0 atom stereocenters. The van der Waals surface area contributed by atoms with E-state index in [1.165, 1.54) is 19.3 Å². The van der Waals surface area contributed by atoms with E-state index in [-0.39, 0.29) is 12.1 Å². The average Bonchev–Trinajstić information content (AvgIpc) is 3.01. The number of nitrogens with zero attached hydrogens (tertiary/aromatic N) is 3. The van der Waals surface area contributed by atoms with E-state index in [9.17, 15) is 10.1 Å². The van der Waals surface area contributed by atoms with Crippen LogP contribution in [0.5, 0.6) is 0 Å². The molecule has 5 rings (SSSR count). The number of anilines is 1. The Morgan fingerprint density at radius 1 is 0.938 bits per heavy atom. The first-order valence-electron chi connectivity index (χ1n) is 11.9. The quantitative estimate of drug-likeness (QED) is 0.633. The van der Waals surface area contributed by atoms with E-state index in [4.69, 9.17) is 5.10 Å². The molecule has 2 aromatic carbocycles. The van der Waals surface area contributed by atoms with Crippen LogP contribution >= 0.6 is 0 Å². The molecule has 0 unspecified atom stereocenters. The maximum absolute atomic E-state index is 13.2. The Morgan fingerprint density at radius 2 is 1.62 bits per heavy atom. The summed E-state index contributed by atoms with van der Waals surface area (Å²) < 4.78 is 0. The van der Waals surface area contributed by atoms with Gasteiger partial charge in [0.15, 0.2) is 0 Å². The summed E-state index contributed by atoms with van der Waals surface area (Å²) >= 11 is 0. The third-order valence-electron chi connectivity index (χ3n) is 7.55. The van der Waals surface area contributed by atoms with E-state index in [0.29, 0.717) is 5.92 Å². The van der Waals surface area contributed by atoms with Gasteiger partial charge in [-0.05, 0) is 50.2 Å². The van der Waals surface area contributed by atoms with Crippen LogP contribution in [0.1, 0.15) is 68.9 Å². The zero-order valence-electron chi connectivity index (χ0n) is 18.5. The molecule has 0 aromatic heterocycles. The second-order valence-corrected chi connectivity index (χ2v) is 9.43. The molecule has 0 spiro atoms. The first kappa shape index (κ1) is 20.8. The third kappa shape index (κ3) is 3.79. The van der Waals surface area contributed by atoms with Crippen LogP contribution in [0.15, 0.2) is 59.7 Å².